The van der Waals surface area contributed by atoms with Gasteiger partial charge in [-0.3, -0.25) is 9.59 Å². The summed E-state index contributed by atoms with van der Waals surface area (Å²) in [4.78, 5) is 45.1. The molecule has 1 saturated heterocycles. The third-order valence-corrected chi connectivity index (χ3v) is 4.52. The number of rotatable bonds is 4. The zero-order valence-electron chi connectivity index (χ0n) is 15.6. The van der Waals surface area contributed by atoms with Crippen LogP contribution in [-0.2, 0) is 14.3 Å². The molecule has 1 aromatic heterocycles. The van der Waals surface area contributed by atoms with Gasteiger partial charge in [-0.1, -0.05) is 24.3 Å². The van der Waals surface area contributed by atoms with Crippen molar-refractivity contribution < 1.29 is 23.9 Å². The Morgan fingerprint density at radius 1 is 1.17 bits per heavy atom. The topological polar surface area (TPSA) is 105 Å². The first-order chi connectivity index (χ1) is 14.1. The molecule has 0 spiro atoms. The van der Waals surface area contributed by atoms with E-state index in [0.29, 0.717) is 23.3 Å². The Bertz CT molecular complexity index is 1080. The molecule has 1 fully saturated rings. The molecule has 4 rings (SSSR count). The van der Waals surface area contributed by atoms with Crippen molar-refractivity contribution in [2.75, 3.05) is 31.9 Å². The van der Waals surface area contributed by atoms with E-state index in [-0.39, 0.29) is 30.4 Å². The Morgan fingerprint density at radius 3 is 2.69 bits per heavy atom. The molecule has 1 aliphatic rings. The highest BCUT2D eigenvalue weighted by atomic mass is 16.5. The third-order valence-electron chi connectivity index (χ3n) is 4.52. The molecule has 3 aromatic rings. The summed E-state index contributed by atoms with van der Waals surface area (Å²) in [6.45, 7) is 0.436. The lowest BCUT2D eigenvalue weighted by Gasteiger charge is -2.36. The molecular weight excluding hydrogens is 376 g/mol. The summed E-state index contributed by atoms with van der Waals surface area (Å²) in [5.74, 6) is -1.41. The molecule has 148 valence electrons. The summed E-state index contributed by atoms with van der Waals surface area (Å²) in [6, 6.07) is 13.8. The summed E-state index contributed by atoms with van der Waals surface area (Å²) in [6.07, 6.45) is 0. The number of anilines is 1. The summed E-state index contributed by atoms with van der Waals surface area (Å²) in [5, 5.41) is 2.62. The van der Waals surface area contributed by atoms with Gasteiger partial charge in [0, 0.05) is 0 Å². The first-order valence-electron chi connectivity index (χ1n) is 8.94. The molecule has 9 nitrogen and oxygen atoms in total. The Kier molecular flexibility index (Phi) is 4.96. The second kappa shape index (κ2) is 7.72. The number of amides is 2. The smallest absolute Gasteiger partial charge is 0.340 e. The normalized spacial score (nSPS) is 14.1. The van der Waals surface area contributed by atoms with Crippen molar-refractivity contribution in [1.29, 1.82) is 0 Å². The molecular formula is C20H18N4O5. The number of nitrogens with one attached hydrogen (secondary N) is 1. The van der Waals surface area contributed by atoms with Crippen molar-refractivity contribution in [3.05, 3.63) is 59.9 Å². The second-order valence-corrected chi connectivity index (χ2v) is 6.30. The number of nitrogens with zero attached hydrogens (tertiary/aromatic N) is 3. The Labute approximate surface area is 165 Å². The van der Waals surface area contributed by atoms with E-state index in [2.05, 4.69) is 9.97 Å². The number of imidazole rings is 1. The largest absolute Gasteiger partial charge is 0.465 e. The monoisotopic (exact) mass is 394 g/mol. The number of hydrogen-bond donors (Lipinski definition) is 1. The molecule has 0 atom stereocenters. The van der Waals surface area contributed by atoms with Crippen LogP contribution in [0.25, 0.3) is 11.0 Å². The Balaban J connectivity index is 1.78. The van der Waals surface area contributed by atoms with Gasteiger partial charge in [-0.25, -0.2) is 19.8 Å². The number of fused-ring (bicyclic) bond motifs is 1. The predicted molar refractivity (Wildman–Crippen MR) is 103 cm³/mol. The van der Waals surface area contributed by atoms with Crippen LogP contribution >= 0.6 is 0 Å². The van der Waals surface area contributed by atoms with Crippen LogP contribution in [0, 0.1) is 0 Å². The lowest BCUT2D eigenvalue weighted by atomic mass is 10.2. The highest BCUT2D eigenvalue weighted by Gasteiger charge is 2.32. The molecule has 0 unspecified atom stereocenters. The molecule has 2 heterocycles. The molecule has 9 heteroatoms. The molecule has 0 saturated carbocycles. The number of benzene rings is 2. The first-order valence-corrected chi connectivity index (χ1v) is 8.94. The third kappa shape index (κ3) is 3.43. The van der Waals surface area contributed by atoms with Gasteiger partial charge in [0.05, 0.1) is 37.0 Å². The maximum Gasteiger partial charge on any atom is 0.340 e. The van der Waals surface area contributed by atoms with Crippen molar-refractivity contribution in [3.8, 4) is 0 Å². The van der Waals surface area contributed by atoms with E-state index in [4.69, 9.17) is 9.47 Å². The Hall–Kier alpha value is -3.72. The molecule has 2 amide bonds. The number of carbonyl (C=O) groups excluding carboxylic acids is 3. The van der Waals surface area contributed by atoms with Gasteiger partial charge in [0.15, 0.2) is 5.82 Å². The van der Waals surface area contributed by atoms with Crippen molar-refractivity contribution in [1.82, 2.24) is 15.0 Å². The molecule has 0 aliphatic carbocycles. The van der Waals surface area contributed by atoms with E-state index in [1.54, 1.807) is 42.5 Å². The van der Waals surface area contributed by atoms with Crippen LogP contribution in [-0.4, -0.2) is 59.6 Å². The zero-order chi connectivity index (χ0) is 20.4. The number of hydrazine groups is 1. The minimum atomic E-state index is -0.552. The molecule has 0 bridgehead atoms. The number of para-hydroxylation sites is 2. The molecule has 1 N–H and O–H groups in total. The van der Waals surface area contributed by atoms with Crippen LogP contribution in [0.2, 0.25) is 0 Å². The molecule has 2 aromatic carbocycles. The average molecular weight is 394 g/mol. The van der Waals surface area contributed by atoms with Crippen molar-refractivity contribution in [2.45, 2.75) is 0 Å². The predicted octanol–water partition coefficient (Wildman–Crippen LogP) is 1.77. The Morgan fingerprint density at radius 2 is 1.97 bits per heavy atom. The van der Waals surface area contributed by atoms with E-state index in [1.807, 2.05) is 6.07 Å². The number of methoxy groups -OCH3 is 1. The van der Waals surface area contributed by atoms with E-state index < -0.39 is 11.9 Å². The lowest BCUT2D eigenvalue weighted by Crippen LogP contribution is -2.55. The number of aromatic nitrogens is 2. The van der Waals surface area contributed by atoms with Gasteiger partial charge in [-0.05, 0) is 24.3 Å². The fraction of sp³-hybridized carbons (Fsp3) is 0.200. The number of carbonyl (C=O) groups is 3. The maximum absolute atomic E-state index is 13.4. The van der Waals surface area contributed by atoms with Crippen LogP contribution in [0.1, 0.15) is 21.0 Å². The van der Waals surface area contributed by atoms with Gasteiger partial charge in [-0.2, -0.15) is 0 Å². The van der Waals surface area contributed by atoms with Gasteiger partial charge in [0.1, 0.15) is 12.1 Å². The number of morpholine rings is 1. The summed E-state index contributed by atoms with van der Waals surface area (Å²) in [5.41, 5.74) is 1.59. The fourth-order valence-corrected chi connectivity index (χ4v) is 3.17. The second-order valence-electron chi connectivity index (χ2n) is 6.30. The average Bonchev–Trinajstić information content (AvgIpc) is 3.20. The first kappa shape index (κ1) is 18.6. The van der Waals surface area contributed by atoms with Crippen LogP contribution in [0.5, 0.6) is 0 Å². The highest BCUT2D eigenvalue weighted by molar-refractivity contribution is 6.08. The van der Waals surface area contributed by atoms with Gasteiger partial charge in [0.25, 0.3) is 5.91 Å². The van der Waals surface area contributed by atoms with Crippen molar-refractivity contribution in [2.24, 2.45) is 0 Å². The zero-order valence-corrected chi connectivity index (χ0v) is 15.6. The SMILES string of the molecule is COC(=O)c1cccc2[nH]c(C(=O)N(c3ccccc3)N3CCOCC3=O)nc12. The number of esters is 1. The highest BCUT2D eigenvalue weighted by Crippen LogP contribution is 2.23. The van der Waals surface area contributed by atoms with E-state index >= 15 is 0 Å². The molecule has 29 heavy (non-hydrogen) atoms. The summed E-state index contributed by atoms with van der Waals surface area (Å²) >= 11 is 0. The van der Waals surface area contributed by atoms with Gasteiger partial charge in [0.2, 0.25) is 0 Å². The van der Waals surface area contributed by atoms with Gasteiger partial charge >= 0.3 is 11.9 Å². The summed E-state index contributed by atoms with van der Waals surface area (Å²) < 4.78 is 9.97. The fourth-order valence-electron chi connectivity index (χ4n) is 3.17. The number of ether oxygens (including phenoxy) is 2. The van der Waals surface area contributed by atoms with Crippen LogP contribution < -0.4 is 5.01 Å². The standard InChI is InChI=1S/C20H18N4O5/c1-28-20(27)14-8-5-9-15-17(14)22-18(21-15)19(26)24(13-6-3-2-4-7-13)23-10-11-29-12-16(23)25/h2-9H,10-12H2,1H3,(H,21,22). The number of H-pyrrole nitrogens is 1. The molecule has 1 aliphatic heterocycles. The minimum Gasteiger partial charge on any atom is -0.465 e. The number of aromatic amines is 1. The van der Waals surface area contributed by atoms with Crippen molar-refractivity contribution >= 4 is 34.5 Å². The number of hydrogen-bond acceptors (Lipinski definition) is 6. The van der Waals surface area contributed by atoms with E-state index in [9.17, 15) is 14.4 Å². The lowest BCUT2D eigenvalue weighted by molar-refractivity contribution is -0.142. The summed E-state index contributed by atoms with van der Waals surface area (Å²) in [7, 11) is 1.28. The van der Waals surface area contributed by atoms with Crippen molar-refractivity contribution in [3.63, 3.8) is 0 Å². The van der Waals surface area contributed by atoms with Crippen LogP contribution in [0.3, 0.4) is 0 Å². The van der Waals surface area contributed by atoms with E-state index in [0.717, 1.165) is 0 Å². The van der Waals surface area contributed by atoms with E-state index in [1.165, 1.54) is 17.1 Å². The van der Waals surface area contributed by atoms with Gasteiger partial charge < -0.3 is 14.5 Å². The van der Waals surface area contributed by atoms with Crippen LogP contribution in [0.4, 0.5) is 5.69 Å². The van der Waals surface area contributed by atoms with Gasteiger partial charge in [-0.15, -0.1) is 0 Å². The molecule has 0 radical (unpaired) electrons. The maximum atomic E-state index is 13.4. The quantitative estimate of drug-likeness (QED) is 0.676. The van der Waals surface area contributed by atoms with Crippen LogP contribution in [0.15, 0.2) is 48.5 Å². The minimum absolute atomic E-state index is 0.000465.